The van der Waals surface area contributed by atoms with Gasteiger partial charge in [0, 0.05) is 4.47 Å². The van der Waals surface area contributed by atoms with Crippen molar-refractivity contribution in [3.05, 3.63) is 45.6 Å². The number of esters is 1. The molecule has 1 heterocycles. The second kappa shape index (κ2) is 8.29. The molecular formula is C18H21BrN2O4. The summed E-state index contributed by atoms with van der Waals surface area (Å²) >= 11 is 3.51. The molecule has 1 aromatic rings. The van der Waals surface area contributed by atoms with Crippen LogP contribution in [0.5, 0.6) is 0 Å². The third-order valence-electron chi connectivity index (χ3n) is 3.76. The van der Waals surface area contributed by atoms with Gasteiger partial charge in [0.05, 0.1) is 24.5 Å². The Morgan fingerprint density at radius 1 is 1.16 bits per heavy atom. The van der Waals surface area contributed by atoms with Crippen LogP contribution in [-0.2, 0) is 14.3 Å². The monoisotopic (exact) mass is 408 g/mol. The number of benzene rings is 1. The molecule has 1 aliphatic heterocycles. The molecule has 0 saturated heterocycles. The van der Waals surface area contributed by atoms with Gasteiger partial charge >= 0.3 is 12.1 Å². The summed E-state index contributed by atoms with van der Waals surface area (Å²) in [6.07, 6.45) is -0.557. The third kappa shape index (κ3) is 3.92. The number of halogens is 1. The van der Waals surface area contributed by atoms with Gasteiger partial charge in [-0.3, -0.25) is 4.90 Å². The minimum atomic E-state index is -0.675. The molecule has 0 aromatic heterocycles. The molecule has 2 rings (SSSR count). The van der Waals surface area contributed by atoms with Crippen molar-refractivity contribution in [1.29, 1.82) is 0 Å². The van der Waals surface area contributed by atoms with Crippen molar-refractivity contribution in [2.45, 2.75) is 33.7 Å². The van der Waals surface area contributed by atoms with Crippen LogP contribution >= 0.6 is 15.9 Å². The maximum atomic E-state index is 12.6. The summed E-state index contributed by atoms with van der Waals surface area (Å²) in [6.45, 7) is 7.38. The number of amidine groups is 1. The number of hydrogen-bond acceptors (Lipinski definition) is 5. The molecule has 1 unspecified atom stereocenters. The number of rotatable bonds is 4. The highest BCUT2D eigenvalue weighted by atomic mass is 79.9. The Kier molecular flexibility index (Phi) is 6.36. The first-order valence-electron chi connectivity index (χ1n) is 8.05. The lowest BCUT2D eigenvalue weighted by Gasteiger charge is -2.35. The Morgan fingerprint density at radius 2 is 1.80 bits per heavy atom. The molecule has 1 amide bonds. The molecule has 0 N–H and O–H groups in total. The van der Waals surface area contributed by atoms with E-state index in [0.717, 1.165) is 10.0 Å². The molecule has 6 nitrogen and oxygen atoms in total. The zero-order valence-electron chi connectivity index (χ0n) is 14.7. The van der Waals surface area contributed by atoms with Crippen molar-refractivity contribution >= 4 is 33.8 Å². The molecule has 0 aliphatic carbocycles. The van der Waals surface area contributed by atoms with Crippen LogP contribution in [0, 0.1) is 0 Å². The Balaban J connectivity index is 2.65. The second-order valence-electron chi connectivity index (χ2n) is 5.37. The van der Waals surface area contributed by atoms with Gasteiger partial charge in [0.1, 0.15) is 11.9 Å². The zero-order chi connectivity index (χ0) is 18.6. The van der Waals surface area contributed by atoms with Crippen molar-refractivity contribution in [2.24, 2.45) is 4.99 Å². The van der Waals surface area contributed by atoms with Gasteiger partial charge < -0.3 is 9.47 Å². The highest BCUT2D eigenvalue weighted by Gasteiger charge is 2.40. The van der Waals surface area contributed by atoms with E-state index in [-0.39, 0.29) is 13.2 Å². The van der Waals surface area contributed by atoms with E-state index in [4.69, 9.17) is 9.47 Å². The van der Waals surface area contributed by atoms with Gasteiger partial charge in [-0.1, -0.05) is 34.1 Å². The molecule has 0 fully saturated rings. The summed E-state index contributed by atoms with van der Waals surface area (Å²) in [5.41, 5.74) is 1.61. The van der Waals surface area contributed by atoms with Crippen molar-refractivity contribution in [1.82, 2.24) is 4.90 Å². The predicted molar refractivity (Wildman–Crippen MR) is 98.2 cm³/mol. The number of carbonyl (C=O) groups is 2. The molecule has 134 valence electrons. The van der Waals surface area contributed by atoms with Crippen LogP contribution in [-0.4, -0.2) is 36.0 Å². The fourth-order valence-corrected chi connectivity index (χ4v) is 3.26. The molecule has 1 aromatic carbocycles. The fourth-order valence-electron chi connectivity index (χ4n) is 2.76. The largest absolute Gasteiger partial charge is 0.463 e. The standard InChI is InChI=1S/C18H21BrN2O4/c1-5-24-17(22)15-11(3)20-12(4)21(18(23)25-6-2)16(15)13-9-7-8-10-14(13)19/h7-10,16H,5-6H2,1-4H3. The van der Waals surface area contributed by atoms with Gasteiger partial charge in [-0.25, -0.2) is 14.6 Å². The van der Waals surface area contributed by atoms with Crippen molar-refractivity contribution in [3.63, 3.8) is 0 Å². The highest BCUT2D eigenvalue weighted by Crippen LogP contribution is 2.39. The predicted octanol–water partition coefficient (Wildman–Crippen LogP) is 4.22. The lowest BCUT2D eigenvalue weighted by atomic mass is 9.94. The van der Waals surface area contributed by atoms with E-state index in [1.54, 1.807) is 27.7 Å². The van der Waals surface area contributed by atoms with E-state index in [2.05, 4.69) is 20.9 Å². The van der Waals surface area contributed by atoms with Crippen LogP contribution in [0.4, 0.5) is 4.79 Å². The average molecular weight is 409 g/mol. The molecule has 0 bridgehead atoms. The highest BCUT2D eigenvalue weighted by molar-refractivity contribution is 9.10. The quantitative estimate of drug-likeness (QED) is 0.699. The average Bonchev–Trinajstić information content (AvgIpc) is 2.54. The normalized spacial score (nSPS) is 17.2. The fraction of sp³-hybridized carbons (Fsp3) is 0.389. The van der Waals surface area contributed by atoms with Gasteiger partial charge in [0.15, 0.2) is 0 Å². The Hall–Kier alpha value is -2.15. The van der Waals surface area contributed by atoms with Crippen molar-refractivity contribution in [2.75, 3.05) is 13.2 Å². The summed E-state index contributed by atoms with van der Waals surface area (Å²) in [5.74, 6) is -0.0314. The van der Waals surface area contributed by atoms with Crippen LogP contribution in [0.1, 0.15) is 39.3 Å². The van der Waals surface area contributed by atoms with E-state index < -0.39 is 18.1 Å². The Morgan fingerprint density at radius 3 is 2.40 bits per heavy atom. The van der Waals surface area contributed by atoms with Gasteiger partial charge in [0.25, 0.3) is 0 Å². The Labute approximate surface area is 155 Å². The minimum Gasteiger partial charge on any atom is -0.463 e. The lowest BCUT2D eigenvalue weighted by Crippen LogP contribution is -2.43. The number of allylic oxidation sites excluding steroid dienone is 1. The van der Waals surface area contributed by atoms with Crippen LogP contribution in [0.2, 0.25) is 0 Å². The van der Waals surface area contributed by atoms with Crippen LogP contribution in [0.15, 0.2) is 45.0 Å². The third-order valence-corrected chi connectivity index (χ3v) is 4.48. The maximum Gasteiger partial charge on any atom is 0.416 e. The van der Waals surface area contributed by atoms with Gasteiger partial charge in [0.2, 0.25) is 0 Å². The summed E-state index contributed by atoms with van der Waals surface area (Å²) in [7, 11) is 0. The second-order valence-corrected chi connectivity index (χ2v) is 6.23. The van der Waals surface area contributed by atoms with E-state index in [1.807, 2.05) is 24.3 Å². The zero-order valence-corrected chi connectivity index (χ0v) is 16.3. The van der Waals surface area contributed by atoms with Crippen molar-refractivity contribution < 1.29 is 19.1 Å². The van der Waals surface area contributed by atoms with Crippen molar-refractivity contribution in [3.8, 4) is 0 Å². The summed E-state index contributed by atoms with van der Waals surface area (Å²) < 4.78 is 11.2. The van der Waals surface area contributed by atoms with Crippen LogP contribution < -0.4 is 0 Å². The summed E-state index contributed by atoms with van der Waals surface area (Å²) in [4.78, 5) is 30.9. The first-order chi connectivity index (χ1) is 11.9. The molecule has 1 atom stereocenters. The maximum absolute atomic E-state index is 12.6. The molecule has 0 saturated carbocycles. The summed E-state index contributed by atoms with van der Waals surface area (Å²) in [6, 6.07) is 6.75. The van der Waals surface area contributed by atoms with E-state index >= 15 is 0 Å². The Bertz CT molecular complexity index is 742. The number of ether oxygens (including phenoxy) is 2. The number of carbonyl (C=O) groups excluding carboxylic acids is 2. The van der Waals surface area contributed by atoms with Crippen LogP contribution in [0.25, 0.3) is 0 Å². The lowest BCUT2D eigenvalue weighted by molar-refractivity contribution is -0.139. The molecule has 0 radical (unpaired) electrons. The van der Waals surface area contributed by atoms with Gasteiger partial charge in [-0.2, -0.15) is 0 Å². The molecular weight excluding hydrogens is 388 g/mol. The topological polar surface area (TPSA) is 68.2 Å². The minimum absolute atomic E-state index is 0.225. The molecule has 0 spiro atoms. The molecule has 1 aliphatic rings. The van der Waals surface area contributed by atoms with Crippen LogP contribution in [0.3, 0.4) is 0 Å². The SMILES string of the molecule is CCOC(=O)C1=C(C)N=C(C)N(C(=O)OCC)C1c1ccccc1Br. The molecule has 7 heteroatoms. The number of nitrogens with zero attached hydrogens (tertiary/aromatic N) is 2. The smallest absolute Gasteiger partial charge is 0.416 e. The van der Waals surface area contributed by atoms with E-state index in [9.17, 15) is 9.59 Å². The van der Waals surface area contributed by atoms with Gasteiger partial charge in [-0.05, 0) is 39.3 Å². The number of aliphatic imine (C=N–C) groups is 1. The number of hydrogen-bond donors (Lipinski definition) is 0. The van der Waals surface area contributed by atoms with Gasteiger partial charge in [-0.15, -0.1) is 0 Å². The number of amides is 1. The first kappa shape index (κ1) is 19.2. The molecule has 25 heavy (non-hydrogen) atoms. The van der Waals surface area contributed by atoms with E-state index in [0.29, 0.717) is 17.1 Å². The first-order valence-corrected chi connectivity index (χ1v) is 8.85. The van der Waals surface area contributed by atoms with E-state index in [1.165, 1.54) is 4.90 Å². The summed E-state index contributed by atoms with van der Waals surface area (Å²) in [5, 5.41) is 0.